The van der Waals surface area contributed by atoms with Gasteiger partial charge in [0, 0.05) is 17.1 Å². The number of benzene rings is 1. The Morgan fingerprint density at radius 3 is 2.41 bits per heavy atom. The lowest BCUT2D eigenvalue weighted by atomic mass is 10.0. The monoisotopic (exact) mass is 366 g/mol. The van der Waals surface area contributed by atoms with Gasteiger partial charge < -0.3 is 10.4 Å². The Morgan fingerprint density at radius 2 is 1.78 bits per heavy atom. The average Bonchev–Trinajstić information content (AvgIpc) is 2.98. The Hall–Kier alpha value is -3.22. The van der Waals surface area contributed by atoms with E-state index in [0.29, 0.717) is 22.5 Å². The Morgan fingerprint density at radius 1 is 1.07 bits per heavy atom. The van der Waals surface area contributed by atoms with Gasteiger partial charge in [-0.2, -0.15) is 5.10 Å². The lowest BCUT2D eigenvalue weighted by Gasteiger charge is -2.13. The second kappa shape index (κ2) is 6.83. The van der Waals surface area contributed by atoms with Crippen molar-refractivity contribution in [1.82, 2.24) is 14.8 Å². The summed E-state index contributed by atoms with van der Waals surface area (Å²) >= 11 is 0. The molecule has 140 valence electrons. The zero-order chi connectivity index (χ0) is 19.9. The molecule has 0 spiro atoms. The van der Waals surface area contributed by atoms with Crippen molar-refractivity contribution in [3.8, 4) is 0 Å². The summed E-state index contributed by atoms with van der Waals surface area (Å²) in [5, 5.41) is 17.2. The molecule has 2 heterocycles. The molecule has 0 bridgehead atoms. The lowest BCUT2D eigenvalue weighted by molar-refractivity contribution is 0.0695. The molecule has 27 heavy (non-hydrogen) atoms. The van der Waals surface area contributed by atoms with Crippen LogP contribution in [-0.2, 0) is 0 Å². The Kier molecular flexibility index (Phi) is 4.70. The van der Waals surface area contributed by atoms with Gasteiger partial charge in [-0.1, -0.05) is 6.07 Å². The SMILES string of the molecule is Cc1cc(C)c(C(=O)O)cc1NC(=O)c1cc2cnn(C(C)C)c2nc1C. The van der Waals surface area contributed by atoms with Crippen molar-refractivity contribution in [2.45, 2.75) is 40.7 Å². The van der Waals surface area contributed by atoms with Gasteiger partial charge in [0.25, 0.3) is 5.91 Å². The maximum absolute atomic E-state index is 12.8. The van der Waals surface area contributed by atoms with Gasteiger partial charge in [-0.05, 0) is 57.9 Å². The van der Waals surface area contributed by atoms with Gasteiger partial charge in [0.05, 0.1) is 23.0 Å². The van der Waals surface area contributed by atoms with E-state index in [1.54, 1.807) is 32.2 Å². The van der Waals surface area contributed by atoms with Gasteiger partial charge in [0.1, 0.15) is 0 Å². The average molecular weight is 366 g/mol. The molecular formula is C20H22N4O3. The summed E-state index contributed by atoms with van der Waals surface area (Å²) in [5.41, 5.74) is 3.84. The van der Waals surface area contributed by atoms with E-state index >= 15 is 0 Å². The van der Waals surface area contributed by atoms with Gasteiger partial charge in [0.2, 0.25) is 0 Å². The van der Waals surface area contributed by atoms with E-state index in [-0.39, 0.29) is 17.5 Å². The second-order valence-electron chi connectivity index (χ2n) is 6.96. The number of fused-ring (bicyclic) bond motifs is 1. The number of carboxylic acids is 1. The number of nitrogens with zero attached hydrogens (tertiary/aromatic N) is 3. The molecule has 7 heteroatoms. The van der Waals surface area contributed by atoms with Crippen LogP contribution >= 0.6 is 0 Å². The largest absolute Gasteiger partial charge is 0.478 e. The number of aromatic nitrogens is 3. The van der Waals surface area contributed by atoms with Crippen LogP contribution in [0.2, 0.25) is 0 Å². The Labute approximate surface area is 157 Å². The third-order valence-electron chi connectivity index (χ3n) is 4.54. The third kappa shape index (κ3) is 3.40. The zero-order valence-corrected chi connectivity index (χ0v) is 16.0. The predicted octanol–water partition coefficient (Wildman–Crippen LogP) is 3.89. The van der Waals surface area contributed by atoms with Crippen molar-refractivity contribution in [3.63, 3.8) is 0 Å². The highest BCUT2D eigenvalue weighted by Gasteiger charge is 2.17. The molecule has 2 aromatic heterocycles. The highest BCUT2D eigenvalue weighted by atomic mass is 16.4. The smallest absolute Gasteiger partial charge is 0.336 e. The highest BCUT2D eigenvalue weighted by Crippen LogP contribution is 2.23. The molecule has 0 unspecified atom stereocenters. The molecule has 3 rings (SSSR count). The van der Waals surface area contributed by atoms with Gasteiger partial charge in [-0.15, -0.1) is 0 Å². The Bertz CT molecular complexity index is 1070. The minimum atomic E-state index is -1.02. The van der Waals surface area contributed by atoms with Crippen LogP contribution in [0.3, 0.4) is 0 Å². The molecule has 1 aromatic carbocycles. The fourth-order valence-corrected chi connectivity index (χ4v) is 3.08. The molecule has 0 aliphatic rings. The van der Waals surface area contributed by atoms with E-state index in [2.05, 4.69) is 15.4 Å². The van der Waals surface area contributed by atoms with E-state index < -0.39 is 5.97 Å². The normalized spacial score (nSPS) is 11.2. The zero-order valence-electron chi connectivity index (χ0n) is 16.0. The molecule has 7 nitrogen and oxygen atoms in total. The Balaban J connectivity index is 1.99. The molecule has 0 saturated heterocycles. The first kappa shape index (κ1) is 18.6. The number of amides is 1. The number of hydrogen-bond acceptors (Lipinski definition) is 4. The number of hydrogen-bond donors (Lipinski definition) is 2. The molecule has 2 N–H and O–H groups in total. The minimum absolute atomic E-state index is 0.165. The van der Waals surface area contributed by atoms with Gasteiger partial charge in [-0.25, -0.2) is 14.5 Å². The molecule has 0 aliphatic heterocycles. The first-order valence-electron chi connectivity index (χ1n) is 8.69. The molecule has 1 amide bonds. The summed E-state index contributed by atoms with van der Waals surface area (Å²) in [5.74, 6) is -1.36. The molecule has 0 aliphatic carbocycles. The second-order valence-corrected chi connectivity index (χ2v) is 6.96. The number of nitrogens with one attached hydrogen (secondary N) is 1. The van der Waals surface area contributed by atoms with Crippen molar-refractivity contribution in [3.05, 3.63) is 52.3 Å². The van der Waals surface area contributed by atoms with Gasteiger partial charge in [-0.3, -0.25) is 4.79 Å². The molecule has 0 fully saturated rings. The molecule has 3 aromatic rings. The number of aryl methyl sites for hydroxylation is 3. The summed E-state index contributed by atoms with van der Waals surface area (Å²) in [6, 6.07) is 5.17. The predicted molar refractivity (Wildman–Crippen MR) is 103 cm³/mol. The summed E-state index contributed by atoms with van der Waals surface area (Å²) in [7, 11) is 0. The third-order valence-corrected chi connectivity index (χ3v) is 4.54. The van der Waals surface area contributed by atoms with Crippen LogP contribution in [0.5, 0.6) is 0 Å². The van der Waals surface area contributed by atoms with Gasteiger partial charge >= 0.3 is 5.97 Å². The van der Waals surface area contributed by atoms with Crippen LogP contribution in [0.15, 0.2) is 24.4 Å². The quantitative estimate of drug-likeness (QED) is 0.730. The molecular weight excluding hydrogens is 344 g/mol. The summed E-state index contributed by atoms with van der Waals surface area (Å²) < 4.78 is 1.81. The van der Waals surface area contributed by atoms with Crippen LogP contribution in [0, 0.1) is 20.8 Å². The first-order chi connectivity index (χ1) is 12.7. The van der Waals surface area contributed by atoms with Crippen LogP contribution in [-0.4, -0.2) is 31.7 Å². The van der Waals surface area contributed by atoms with E-state index in [9.17, 15) is 14.7 Å². The summed E-state index contributed by atoms with van der Waals surface area (Å²) in [6.07, 6.45) is 1.69. The van der Waals surface area contributed by atoms with E-state index in [1.165, 1.54) is 6.07 Å². The van der Waals surface area contributed by atoms with Crippen molar-refractivity contribution >= 4 is 28.6 Å². The van der Waals surface area contributed by atoms with E-state index in [0.717, 1.165) is 16.6 Å². The maximum atomic E-state index is 12.8. The van der Waals surface area contributed by atoms with Crippen LogP contribution in [0.25, 0.3) is 11.0 Å². The number of pyridine rings is 1. The first-order valence-corrected chi connectivity index (χ1v) is 8.69. The van der Waals surface area contributed by atoms with Crippen LogP contribution in [0.4, 0.5) is 5.69 Å². The number of carboxylic acid groups (broad SMARTS) is 1. The molecule has 0 saturated carbocycles. The summed E-state index contributed by atoms with van der Waals surface area (Å²) in [4.78, 5) is 28.7. The molecule has 0 radical (unpaired) electrons. The van der Waals surface area contributed by atoms with Crippen molar-refractivity contribution in [2.24, 2.45) is 0 Å². The van der Waals surface area contributed by atoms with Gasteiger partial charge in [0.15, 0.2) is 5.65 Å². The number of carbonyl (C=O) groups is 2. The van der Waals surface area contributed by atoms with Crippen molar-refractivity contribution < 1.29 is 14.7 Å². The van der Waals surface area contributed by atoms with Crippen molar-refractivity contribution in [1.29, 1.82) is 0 Å². The number of aromatic carboxylic acids is 1. The van der Waals surface area contributed by atoms with Crippen LogP contribution in [0.1, 0.15) is 57.4 Å². The minimum Gasteiger partial charge on any atom is -0.478 e. The maximum Gasteiger partial charge on any atom is 0.336 e. The van der Waals surface area contributed by atoms with Crippen LogP contribution < -0.4 is 5.32 Å². The standard InChI is InChI=1S/C20H22N4O3/c1-10(2)24-18-14(9-21-24)7-16(13(5)22-18)19(25)23-17-8-15(20(26)27)11(3)6-12(17)4/h6-10H,1-5H3,(H,23,25)(H,26,27). The highest BCUT2D eigenvalue weighted by molar-refractivity contribution is 6.07. The lowest BCUT2D eigenvalue weighted by Crippen LogP contribution is -2.16. The van der Waals surface area contributed by atoms with E-state index in [4.69, 9.17) is 0 Å². The molecule has 0 atom stereocenters. The summed E-state index contributed by atoms with van der Waals surface area (Å²) in [6.45, 7) is 9.37. The fourth-order valence-electron chi connectivity index (χ4n) is 3.08. The number of anilines is 1. The number of carbonyl (C=O) groups excluding carboxylic acids is 1. The topological polar surface area (TPSA) is 97.1 Å². The fraction of sp³-hybridized carbons (Fsp3) is 0.300. The number of rotatable bonds is 4. The van der Waals surface area contributed by atoms with E-state index in [1.807, 2.05) is 25.5 Å². The van der Waals surface area contributed by atoms with Crippen molar-refractivity contribution in [2.75, 3.05) is 5.32 Å².